The quantitative estimate of drug-likeness (QED) is 0.532. The maximum atomic E-state index is 11.6. The first-order valence-electron chi connectivity index (χ1n) is 6.08. The van der Waals surface area contributed by atoms with E-state index in [1.54, 1.807) is 0 Å². The van der Waals surface area contributed by atoms with Crippen molar-refractivity contribution in [2.24, 2.45) is 0 Å². The molecule has 0 unspecified atom stereocenters. The van der Waals surface area contributed by atoms with E-state index in [4.69, 9.17) is 5.73 Å². The molecule has 0 fully saturated rings. The van der Waals surface area contributed by atoms with Crippen molar-refractivity contribution in [1.82, 2.24) is 14.9 Å². The number of unbranched alkanes of at least 4 members (excludes halogenated alkanes) is 1. The molecule has 8 heteroatoms. The standard InChI is InChI=1S/C11H19N5O3/c1-3-4-5-16-9(12)8(10(18)15-11(16)19)14-6-7(17)13-2/h14H,3-6,12H2,1-2H3,(H,13,17)(H,15,18,19). The highest BCUT2D eigenvalue weighted by Crippen LogP contribution is 2.10. The average molecular weight is 269 g/mol. The zero-order valence-electron chi connectivity index (χ0n) is 11.1. The number of amides is 1. The Bertz CT molecular complexity index is 560. The van der Waals surface area contributed by atoms with Crippen LogP contribution in [0, 0.1) is 0 Å². The third-order valence-electron chi connectivity index (χ3n) is 2.68. The number of H-pyrrole nitrogens is 1. The van der Waals surface area contributed by atoms with Crippen LogP contribution in [-0.4, -0.2) is 29.1 Å². The van der Waals surface area contributed by atoms with Crippen LogP contribution in [-0.2, 0) is 11.3 Å². The Balaban J connectivity index is 3.07. The fourth-order valence-corrected chi connectivity index (χ4v) is 1.55. The Morgan fingerprint density at radius 3 is 2.68 bits per heavy atom. The zero-order chi connectivity index (χ0) is 14.4. The largest absolute Gasteiger partial charge is 0.383 e. The summed E-state index contributed by atoms with van der Waals surface area (Å²) in [5.74, 6) is -0.240. The molecule has 1 amide bonds. The van der Waals surface area contributed by atoms with Crippen LogP contribution < -0.4 is 27.6 Å². The van der Waals surface area contributed by atoms with Crippen molar-refractivity contribution >= 4 is 17.4 Å². The minimum absolute atomic E-state index is 0.0410. The molecule has 0 aliphatic rings. The van der Waals surface area contributed by atoms with Gasteiger partial charge >= 0.3 is 5.69 Å². The van der Waals surface area contributed by atoms with Gasteiger partial charge in [0.25, 0.3) is 5.56 Å². The molecule has 8 nitrogen and oxygen atoms in total. The van der Waals surface area contributed by atoms with Gasteiger partial charge in [0, 0.05) is 13.6 Å². The van der Waals surface area contributed by atoms with Crippen molar-refractivity contribution in [1.29, 1.82) is 0 Å². The van der Waals surface area contributed by atoms with E-state index >= 15 is 0 Å². The van der Waals surface area contributed by atoms with Crippen LogP contribution in [0.3, 0.4) is 0 Å². The Kier molecular flexibility index (Phi) is 5.16. The first-order chi connectivity index (χ1) is 9.01. The number of rotatable bonds is 6. The van der Waals surface area contributed by atoms with E-state index in [1.807, 2.05) is 6.92 Å². The van der Waals surface area contributed by atoms with E-state index in [9.17, 15) is 14.4 Å². The van der Waals surface area contributed by atoms with E-state index in [0.29, 0.717) is 6.54 Å². The van der Waals surface area contributed by atoms with Crippen LogP contribution >= 0.6 is 0 Å². The fourth-order valence-electron chi connectivity index (χ4n) is 1.55. The lowest BCUT2D eigenvalue weighted by molar-refractivity contribution is -0.118. The van der Waals surface area contributed by atoms with Crippen molar-refractivity contribution in [3.8, 4) is 0 Å². The van der Waals surface area contributed by atoms with Gasteiger partial charge in [-0.25, -0.2) is 4.79 Å². The zero-order valence-corrected chi connectivity index (χ0v) is 11.1. The van der Waals surface area contributed by atoms with E-state index < -0.39 is 11.2 Å². The molecule has 0 bridgehead atoms. The molecule has 1 aromatic heterocycles. The van der Waals surface area contributed by atoms with Gasteiger partial charge in [0.2, 0.25) is 5.91 Å². The van der Waals surface area contributed by atoms with E-state index in [2.05, 4.69) is 15.6 Å². The maximum absolute atomic E-state index is 11.6. The van der Waals surface area contributed by atoms with Gasteiger partial charge in [0.05, 0.1) is 6.54 Å². The van der Waals surface area contributed by atoms with Crippen LogP contribution in [0.2, 0.25) is 0 Å². The number of carbonyl (C=O) groups excluding carboxylic acids is 1. The highest BCUT2D eigenvalue weighted by atomic mass is 16.2. The van der Waals surface area contributed by atoms with Gasteiger partial charge in [-0.15, -0.1) is 0 Å². The second kappa shape index (κ2) is 6.62. The first kappa shape index (κ1) is 14.8. The van der Waals surface area contributed by atoms with Gasteiger partial charge in [0.1, 0.15) is 11.5 Å². The molecule has 19 heavy (non-hydrogen) atoms. The van der Waals surface area contributed by atoms with Crippen molar-refractivity contribution in [3.63, 3.8) is 0 Å². The summed E-state index contributed by atoms with van der Waals surface area (Å²) in [4.78, 5) is 36.6. The lowest BCUT2D eigenvalue weighted by Crippen LogP contribution is -2.36. The molecule has 1 rings (SSSR count). The number of nitrogens with two attached hydrogens (primary N) is 1. The summed E-state index contributed by atoms with van der Waals surface area (Å²) in [7, 11) is 1.49. The van der Waals surface area contributed by atoms with Gasteiger partial charge in [-0.2, -0.15) is 0 Å². The molecule has 0 aliphatic heterocycles. The average Bonchev–Trinajstić information content (AvgIpc) is 2.37. The predicted octanol–water partition coefficient (Wildman–Crippen LogP) is -0.923. The van der Waals surface area contributed by atoms with Gasteiger partial charge in [-0.1, -0.05) is 13.3 Å². The monoisotopic (exact) mass is 269 g/mol. The number of nitrogens with one attached hydrogen (secondary N) is 3. The minimum atomic E-state index is -0.626. The van der Waals surface area contributed by atoms with Crippen LogP contribution in [0.4, 0.5) is 11.5 Å². The number of anilines is 2. The molecular formula is C11H19N5O3. The topological polar surface area (TPSA) is 122 Å². The highest BCUT2D eigenvalue weighted by molar-refractivity contribution is 5.81. The Morgan fingerprint density at radius 1 is 1.42 bits per heavy atom. The Morgan fingerprint density at radius 2 is 2.11 bits per heavy atom. The molecule has 0 saturated heterocycles. The molecule has 0 atom stereocenters. The predicted molar refractivity (Wildman–Crippen MR) is 73.2 cm³/mol. The summed E-state index contributed by atoms with van der Waals surface area (Å²) in [6.45, 7) is 2.32. The lowest BCUT2D eigenvalue weighted by atomic mass is 10.3. The number of aromatic nitrogens is 2. The third-order valence-corrected chi connectivity index (χ3v) is 2.68. The minimum Gasteiger partial charge on any atom is -0.383 e. The van der Waals surface area contributed by atoms with E-state index in [-0.39, 0.29) is 24.0 Å². The number of nitrogen functional groups attached to an aromatic ring is 1. The smallest absolute Gasteiger partial charge is 0.330 e. The molecule has 0 saturated carbocycles. The van der Waals surface area contributed by atoms with Crippen LogP contribution in [0.1, 0.15) is 19.8 Å². The maximum Gasteiger partial charge on any atom is 0.330 e. The Labute approximate surface area is 110 Å². The lowest BCUT2D eigenvalue weighted by Gasteiger charge is -2.13. The summed E-state index contributed by atoms with van der Waals surface area (Å²) in [6, 6.07) is 0. The van der Waals surface area contributed by atoms with E-state index in [1.165, 1.54) is 11.6 Å². The number of aromatic amines is 1. The van der Waals surface area contributed by atoms with Crippen molar-refractivity contribution < 1.29 is 4.79 Å². The summed E-state index contributed by atoms with van der Waals surface area (Å²) >= 11 is 0. The molecule has 0 spiro atoms. The molecule has 5 N–H and O–H groups in total. The van der Waals surface area contributed by atoms with Crippen LogP contribution in [0.5, 0.6) is 0 Å². The molecule has 0 aliphatic carbocycles. The molecule has 0 aromatic carbocycles. The van der Waals surface area contributed by atoms with Crippen molar-refractivity contribution in [3.05, 3.63) is 20.8 Å². The normalized spacial score (nSPS) is 10.2. The third kappa shape index (κ3) is 3.60. The Hall–Kier alpha value is -2.25. The van der Waals surface area contributed by atoms with Gasteiger partial charge in [-0.05, 0) is 6.42 Å². The van der Waals surface area contributed by atoms with Gasteiger partial charge in [-0.3, -0.25) is 19.1 Å². The molecular weight excluding hydrogens is 250 g/mol. The number of likely N-dealkylation sites (N-methyl/N-ethyl adjacent to an activating group) is 1. The summed E-state index contributed by atoms with van der Waals surface area (Å²) in [6.07, 6.45) is 1.66. The van der Waals surface area contributed by atoms with Gasteiger partial charge < -0.3 is 16.4 Å². The number of hydrogen-bond acceptors (Lipinski definition) is 5. The van der Waals surface area contributed by atoms with Crippen LogP contribution in [0.25, 0.3) is 0 Å². The SMILES string of the molecule is CCCCn1c(N)c(NCC(=O)NC)c(=O)[nH]c1=O. The van der Waals surface area contributed by atoms with Crippen LogP contribution in [0.15, 0.2) is 9.59 Å². The number of nitrogens with zero attached hydrogens (tertiary/aromatic N) is 1. The second-order valence-corrected chi connectivity index (χ2v) is 4.05. The number of hydrogen-bond donors (Lipinski definition) is 4. The van der Waals surface area contributed by atoms with E-state index in [0.717, 1.165) is 12.8 Å². The molecule has 1 heterocycles. The fraction of sp³-hybridized carbons (Fsp3) is 0.545. The highest BCUT2D eigenvalue weighted by Gasteiger charge is 2.12. The van der Waals surface area contributed by atoms with Gasteiger partial charge in [0.15, 0.2) is 0 Å². The molecule has 1 aromatic rings. The second-order valence-electron chi connectivity index (χ2n) is 4.05. The molecule has 106 valence electrons. The van der Waals surface area contributed by atoms with Crippen molar-refractivity contribution in [2.75, 3.05) is 24.6 Å². The summed E-state index contributed by atoms with van der Waals surface area (Å²) in [5, 5.41) is 5.05. The summed E-state index contributed by atoms with van der Waals surface area (Å²) < 4.78 is 1.29. The first-order valence-corrected chi connectivity index (χ1v) is 6.08. The van der Waals surface area contributed by atoms with Crippen molar-refractivity contribution in [2.45, 2.75) is 26.3 Å². The number of carbonyl (C=O) groups is 1. The molecule has 0 radical (unpaired) electrons. The summed E-state index contributed by atoms with van der Waals surface area (Å²) in [5.41, 5.74) is 4.68.